The lowest BCUT2D eigenvalue weighted by Crippen LogP contribution is -2.30. The fourth-order valence-electron chi connectivity index (χ4n) is 3.98. The van der Waals surface area contributed by atoms with E-state index in [1.807, 2.05) is 12.1 Å². The molecular formula is C20H31N3O2. The average molecular weight is 345 g/mol. The maximum atomic E-state index is 11.6. The number of phenols is 1. The summed E-state index contributed by atoms with van der Waals surface area (Å²) >= 11 is 0. The number of amides is 1. The molecule has 2 heterocycles. The lowest BCUT2D eigenvalue weighted by molar-refractivity contribution is -0.114. The van der Waals surface area contributed by atoms with Gasteiger partial charge in [0, 0.05) is 36.8 Å². The van der Waals surface area contributed by atoms with E-state index in [0.717, 1.165) is 49.5 Å². The van der Waals surface area contributed by atoms with Crippen LogP contribution in [0.25, 0.3) is 0 Å². The second-order valence-corrected chi connectivity index (χ2v) is 7.45. The molecular weight excluding hydrogens is 314 g/mol. The van der Waals surface area contributed by atoms with E-state index >= 15 is 0 Å². The number of piperidine rings is 2. The Labute approximate surface area is 151 Å². The minimum atomic E-state index is -0.0944. The quantitative estimate of drug-likeness (QED) is 0.859. The third-order valence-electron chi connectivity index (χ3n) is 5.35. The van der Waals surface area contributed by atoms with E-state index in [9.17, 15) is 9.90 Å². The molecule has 0 saturated carbocycles. The number of nitrogens with zero attached hydrogens (tertiary/aromatic N) is 2. The summed E-state index contributed by atoms with van der Waals surface area (Å²) < 4.78 is 0. The number of carbonyl (C=O) groups excluding carboxylic acids is 1. The number of hydrogen-bond acceptors (Lipinski definition) is 4. The number of phenolic OH excluding ortho intramolecular Hbond substituents is 1. The highest BCUT2D eigenvalue weighted by molar-refractivity contribution is 5.90. The average Bonchev–Trinajstić information content (AvgIpc) is 2.62. The molecule has 1 amide bonds. The van der Waals surface area contributed by atoms with Crippen molar-refractivity contribution in [3.05, 3.63) is 23.3 Å². The van der Waals surface area contributed by atoms with E-state index in [1.165, 1.54) is 45.4 Å². The van der Waals surface area contributed by atoms with Crippen LogP contribution in [-0.4, -0.2) is 47.0 Å². The van der Waals surface area contributed by atoms with Crippen molar-refractivity contribution in [2.24, 2.45) is 0 Å². The minimum Gasteiger partial charge on any atom is -0.507 e. The fraction of sp³-hybridized carbons (Fsp3) is 0.650. The number of anilines is 1. The molecule has 3 rings (SSSR count). The summed E-state index contributed by atoms with van der Waals surface area (Å²) in [5.41, 5.74) is 2.59. The molecule has 5 heteroatoms. The number of likely N-dealkylation sites (tertiary alicyclic amines) is 2. The molecule has 2 N–H and O–H groups in total. The Bertz CT molecular complexity index is 591. The van der Waals surface area contributed by atoms with Gasteiger partial charge in [0.15, 0.2) is 0 Å². The maximum absolute atomic E-state index is 11.6. The summed E-state index contributed by atoms with van der Waals surface area (Å²) in [5.74, 6) is 0.269. The Balaban J connectivity index is 1.81. The highest BCUT2D eigenvalue weighted by Gasteiger charge is 2.20. The van der Waals surface area contributed by atoms with Gasteiger partial charge in [0.05, 0.1) is 0 Å². The third-order valence-corrected chi connectivity index (χ3v) is 5.35. The van der Waals surface area contributed by atoms with Gasteiger partial charge < -0.3 is 10.4 Å². The highest BCUT2D eigenvalue weighted by Crippen LogP contribution is 2.33. The molecule has 0 aromatic heterocycles. The highest BCUT2D eigenvalue weighted by atomic mass is 16.3. The zero-order valence-electron chi connectivity index (χ0n) is 15.4. The van der Waals surface area contributed by atoms with Crippen LogP contribution in [-0.2, 0) is 17.9 Å². The molecule has 0 atom stereocenters. The minimum absolute atomic E-state index is 0.0944. The van der Waals surface area contributed by atoms with Gasteiger partial charge in [0.1, 0.15) is 5.75 Å². The Morgan fingerprint density at radius 2 is 1.52 bits per heavy atom. The number of nitrogens with one attached hydrogen (secondary N) is 1. The number of hydrogen-bond donors (Lipinski definition) is 2. The lowest BCUT2D eigenvalue weighted by atomic mass is 10.0. The normalized spacial score (nSPS) is 19.7. The van der Waals surface area contributed by atoms with Crippen molar-refractivity contribution in [2.75, 3.05) is 31.5 Å². The largest absolute Gasteiger partial charge is 0.507 e. The number of carbonyl (C=O) groups is 1. The van der Waals surface area contributed by atoms with Crippen molar-refractivity contribution >= 4 is 11.6 Å². The predicted octanol–water partition coefficient (Wildman–Crippen LogP) is 3.32. The van der Waals surface area contributed by atoms with Crippen molar-refractivity contribution in [3.63, 3.8) is 0 Å². The fourth-order valence-corrected chi connectivity index (χ4v) is 3.98. The number of aromatic hydroxyl groups is 1. The summed E-state index contributed by atoms with van der Waals surface area (Å²) in [4.78, 5) is 16.4. The first-order valence-corrected chi connectivity index (χ1v) is 9.69. The SMILES string of the molecule is CC(=O)Nc1ccc(CN2CCCCC2)c(O)c1CN1CCCCC1. The Kier molecular flexibility index (Phi) is 6.32. The summed E-state index contributed by atoms with van der Waals surface area (Å²) in [7, 11) is 0. The van der Waals surface area contributed by atoms with Crippen LogP contribution in [0.1, 0.15) is 56.6 Å². The first-order valence-electron chi connectivity index (χ1n) is 9.69. The van der Waals surface area contributed by atoms with Gasteiger partial charge in [0.2, 0.25) is 5.91 Å². The molecule has 2 aliphatic rings. The molecule has 0 spiro atoms. The standard InChI is InChI=1S/C20H31N3O2/c1-16(24)21-19-9-8-17(14-22-10-4-2-5-11-22)20(25)18(19)15-23-12-6-3-7-13-23/h8-9,25H,2-7,10-15H2,1H3,(H,21,24). The number of benzene rings is 1. The predicted molar refractivity (Wildman–Crippen MR) is 101 cm³/mol. The van der Waals surface area contributed by atoms with Crippen molar-refractivity contribution < 1.29 is 9.90 Å². The molecule has 0 radical (unpaired) electrons. The van der Waals surface area contributed by atoms with E-state index in [2.05, 4.69) is 15.1 Å². The van der Waals surface area contributed by atoms with Gasteiger partial charge in [-0.15, -0.1) is 0 Å². The second-order valence-electron chi connectivity index (χ2n) is 7.45. The molecule has 25 heavy (non-hydrogen) atoms. The van der Waals surface area contributed by atoms with Gasteiger partial charge in [0.25, 0.3) is 0 Å². The summed E-state index contributed by atoms with van der Waals surface area (Å²) in [5, 5.41) is 13.8. The first-order chi connectivity index (χ1) is 12.1. The summed E-state index contributed by atoms with van der Waals surface area (Å²) in [6, 6.07) is 3.93. The molecule has 1 aromatic carbocycles. The van der Waals surface area contributed by atoms with Gasteiger partial charge in [-0.25, -0.2) is 0 Å². The van der Waals surface area contributed by atoms with E-state index < -0.39 is 0 Å². The molecule has 2 saturated heterocycles. The van der Waals surface area contributed by atoms with Crippen molar-refractivity contribution in [2.45, 2.75) is 58.5 Å². The lowest BCUT2D eigenvalue weighted by Gasteiger charge is -2.29. The Hall–Kier alpha value is -1.59. The molecule has 2 fully saturated rings. The van der Waals surface area contributed by atoms with Crippen LogP contribution in [0.15, 0.2) is 12.1 Å². The molecule has 0 aliphatic carbocycles. The summed E-state index contributed by atoms with van der Waals surface area (Å²) in [6.45, 7) is 7.35. The van der Waals surface area contributed by atoms with Crippen molar-refractivity contribution in [3.8, 4) is 5.75 Å². The van der Waals surface area contributed by atoms with Gasteiger partial charge >= 0.3 is 0 Å². The topological polar surface area (TPSA) is 55.8 Å². The van der Waals surface area contributed by atoms with Crippen molar-refractivity contribution in [1.82, 2.24) is 9.80 Å². The third kappa shape index (κ3) is 4.95. The van der Waals surface area contributed by atoms with Gasteiger partial charge in [-0.1, -0.05) is 18.9 Å². The molecule has 2 aliphatic heterocycles. The molecule has 5 nitrogen and oxygen atoms in total. The molecule has 0 bridgehead atoms. The van der Waals surface area contributed by atoms with E-state index in [0.29, 0.717) is 12.3 Å². The van der Waals surface area contributed by atoms with Crippen LogP contribution < -0.4 is 5.32 Å². The first kappa shape index (κ1) is 18.2. The smallest absolute Gasteiger partial charge is 0.221 e. The van der Waals surface area contributed by atoms with E-state index in [4.69, 9.17) is 0 Å². The van der Waals surface area contributed by atoms with Crippen LogP contribution in [0.3, 0.4) is 0 Å². The van der Waals surface area contributed by atoms with Crippen LogP contribution >= 0.6 is 0 Å². The summed E-state index contributed by atoms with van der Waals surface area (Å²) in [6.07, 6.45) is 7.50. The van der Waals surface area contributed by atoms with Gasteiger partial charge in [-0.05, 0) is 57.9 Å². The van der Waals surface area contributed by atoms with E-state index in [1.54, 1.807) is 0 Å². The van der Waals surface area contributed by atoms with Crippen molar-refractivity contribution in [1.29, 1.82) is 0 Å². The molecule has 0 unspecified atom stereocenters. The van der Waals surface area contributed by atoms with Crippen LogP contribution in [0, 0.1) is 0 Å². The maximum Gasteiger partial charge on any atom is 0.221 e. The van der Waals surface area contributed by atoms with E-state index in [-0.39, 0.29) is 5.91 Å². The Morgan fingerprint density at radius 1 is 0.960 bits per heavy atom. The van der Waals surface area contributed by atoms with Gasteiger partial charge in [-0.2, -0.15) is 0 Å². The molecule has 1 aromatic rings. The molecule has 138 valence electrons. The second kappa shape index (κ2) is 8.68. The number of rotatable bonds is 5. The monoisotopic (exact) mass is 345 g/mol. The Morgan fingerprint density at radius 3 is 2.08 bits per heavy atom. The zero-order valence-corrected chi connectivity index (χ0v) is 15.4. The van der Waals surface area contributed by atoms with Gasteiger partial charge in [-0.3, -0.25) is 14.6 Å². The van der Waals surface area contributed by atoms with Crippen LogP contribution in [0.2, 0.25) is 0 Å². The van der Waals surface area contributed by atoms with Crippen LogP contribution in [0.4, 0.5) is 5.69 Å². The van der Waals surface area contributed by atoms with Crippen LogP contribution in [0.5, 0.6) is 5.75 Å². The zero-order chi connectivity index (χ0) is 17.6.